The summed E-state index contributed by atoms with van der Waals surface area (Å²) in [5.74, 6) is 0.282. The lowest BCUT2D eigenvalue weighted by atomic mass is 9.97. The molecule has 0 unspecified atom stereocenters. The van der Waals surface area contributed by atoms with Crippen LogP contribution in [0.2, 0.25) is 0 Å². The molecule has 0 aromatic carbocycles. The quantitative estimate of drug-likeness (QED) is 0.765. The monoisotopic (exact) mass is 244 g/mol. The second-order valence-corrected chi connectivity index (χ2v) is 8.17. The molecule has 0 fully saturated rings. The molecule has 1 aliphatic rings. The highest BCUT2D eigenvalue weighted by Gasteiger charge is 2.28. The van der Waals surface area contributed by atoms with Crippen LogP contribution in [-0.2, 0) is 14.6 Å². The topological polar surface area (TPSA) is 51.2 Å². The fraction of sp³-hybridized carbons (Fsp3) is 0.750. The Labute approximate surface area is 97.8 Å². The Kier molecular flexibility index (Phi) is 3.94. The minimum absolute atomic E-state index is 0.134. The van der Waals surface area contributed by atoms with Crippen molar-refractivity contribution in [2.45, 2.75) is 51.2 Å². The first-order valence-corrected chi connectivity index (χ1v) is 7.32. The van der Waals surface area contributed by atoms with Crippen LogP contribution in [0.25, 0.3) is 0 Å². The molecule has 92 valence electrons. The van der Waals surface area contributed by atoms with E-state index in [4.69, 9.17) is 0 Å². The van der Waals surface area contributed by atoms with Gasteiger partial charge in [-0.25, -0.2) is 8.42 Å². The maximum absolute atomic E-state index is 11.9. The lowest BCUT2D eigenvalue weighted by Crippen LogP contribution is -2.30. The minimum atomic E-state index is -3.07. The van der Waals surface area contributed by atoms with Crippen LogP contribution < -0.4 is 0 Å². The standard InChI is InChI=1S/C12H20O3S/c1-12(2,3)16(14,15)8-7-10-5-4-6-11(13)9-10/h9H,4-8H2,1-3H3. The van der Waals surface area contributed by atoms with Crippen molar-refractivity contribution in [3.63, 3.8) is 0 Å². The summed E-state index contributed by atoms with van der Waals surface area (Å²) in [5, 5.41) is 0. The Morgan fingerprint density at radius 3 is 2.38 bits per heavy atom. The number of rotatable bonds is 3. The molecule has 0 atom stereocenters. The zero-order chi connectivity index (χ0) is 12.4. The van der Waals surface area contributed by atoms with E-state index in [-0.39, 0.29) is 11.5 Å². The minimum Gasteiger partial charge on any atom is -0.295 e. The predicted molar refractivity (Wildman–Crippen MR) is 65.1 cm³/mol. The van der Waals surface area contributed by atoms with Crippen molar-refractivity contribution in [2.24, 2.45) is 0 Å². The van der Waals surface area contributed by atoms with E-state index in [0.29, 0.717) is 12.8 Å². The summed E-state index contributed by atoms with van der Waals surface area (Å²) in [6, 6.07) is 0. The number of allylic oxidation sites excluding steroid dienone is 2. The molecule has 16 heavy (non-hydrogen) atoms. The summed E-state index contributed by atoms with van der Waals surface area (Å²) in [4.78, 5) is 11.2. The highest BCUT2D eigenvalue weighted by Crippen LogP contribution is 2.22. The van der Waals surface area contributed by atoms with Crippen LogP contribution >= 0.6 is 0 Å². The molecular formula is C12H20O3S. The van der Waals surface area contributed by atoms with Gasteiger partial charge < -0.3 is 0 Å². The molecular weight excluding hydrogens is 224 g/mol. The Hall–Kier alpha value is -0.640. The average molecular weight is 244 g/mol. The van der Waals surface area contributed by atoms with Gasteiger partial charge in [-0.1, -0.05) is 5.57 Å². The van der Waals surface area contributed by atoms with Gasteiger partial charge >= 0.3 is 0 Å². The number of sulfone groups is 1. The maximum Gasteiger partial charge on any atom is 0.155 e. The SMILES string of the molecule is CC(C)(C)S(=O)(=O)CCC1=CC(=O)CCC1. The molecule has 0 saturated heterocycles. The highest BCUT2D eigenvalue weighted by atomic mass is 32.2. The lowest BCUT2D eigenvalue weighted by molar-refractivity contribution is -0.115. The largest absolute Gasteiger partial charge is 0.295 e. The Morgan fingerprint density at radius 2 is 1.88 bits per heavy atom. The first-order valence-electron chi connectivity index (χ1n) is 5.67. The molecule has 0 heterocycles. The van der Waals surface area contributed by atoms with Gasteiger partial charge in [0.25, 0.3) is 0 Å². The van der Waals surface area contributed by atoms with Crippen molar-refractivity contribution in [2.75, 3.05) is 5.75 Å². The van der Waals surface area contributed by atoms with Gasteiger partial charge in [0.1, 0.15) is 0 Å². The van der Waals surface area contributed by atoms with Crippen LogP contribution in [0.3, 0.4) is 0 Å². The number of carbonyl (C=O) groups is 1. The summed E-state index contributed by atoms with van der Waals surface area (Å²) in [7, 11) is -3.07. The van der Waals surface area contributed by atoms with Crippen molar-refractivity contribution < 1.29 is 13.2 Å². The van der Waals surface area contributed by atoms with Crippen LogP contribution in [0.15, 0.2) is 11.6 Å². The summed E-state index contributed by atoms with van der Waals surface area (Å²) >= 11 is 0. The molecule has 0 amide bonds. The van der Waals surface area contributed by atoms with Crippen LogP contribution in [0.5, 0.6) is 0 Å². The van der Waals surface area contributed by atoms with Gasteiger partial charge in [0, 0.05) is 6.42 Å². The van der Waals surface area contributed by atoms with E-state index in [0.717, 1.165) is 18.4 Å². The van der Waals surface area contributed by atoms with Crippen LogP contribution in [0.4, 0.5) is 0 Å². The fourth-order valence-electron chi connectivity index (χ4n) is 1.63. The van der Waals surface area contributed by atoms with E-state index in [1.54, 1.807) is 26.8 Å². The molecule has 3 nitrogen and oxygen atoms in total. The Morgan fingerprint density at radius 1 is 1.25 bits per heavy atom. The maximum atomic E-state index is 11.9. The molecule has 0 bridgehead atoms. The third kappa shape index (κ3) is 3.44. The lowest BCUT2D eigenvalue weighted by Gasteiger charge is -2.20. The molecule has 0 aliphatic heterocycles. The van der Waals surface area contributed by atoms with E-state index >= 15 is 0 Å². The molecule has 0 aromatic heterocycles. The zero-order valence-corrected chi connectivity index (χ0v) is 11.1. The van der Waals surface area contributed by atoms with Gasteiger partial charge in [-0.15, -0.1) is 0 Å². The van der Waals surface area contributed by atoms with Crippen LogP contribution in [0, 0.1) is 0 Å². The molecule has 1 rings (SSSR count). The zero-order valence-electron chi connectivity index (χ0n) is 10.2. The van der Waals surface area contributed by atoms with Crippen molar-refractivity contribution in [3.8, 4) is 0 Å². The average Bonchev–Trinajstić information content (AvgIpc) is 2.13. The Bertz CT molecular complexity index is 396. The van der Waals surface area contributed by atoms with E-state index in [9.17, 15) is 13.2 Å². The second-order valence-electron chi connectivity index (χ2n) is 5.30. The van der Waals surface area contributed by atoms with Crippen molar-refractivity contribution in [1.29, 1.82) is 0 Å². The van der Waals surface area contributed by atoms with Gasteiger partial charge in [0.2, 0.25) is 0 Å². The van der Waals surface area contributed by atoms with Crippen molar-refractivity contribution >= 4 is 15.6 Å². The molecule has 0 saturated carbocycles. The highest BCUT2D eigenvalue weighted by molar-refractivity contribution is 7.92. The molecule has 0 spiro atoms. The number of hydrogen-bond acceptors (Lipinski definition) is 3. The molecule has 4 heteroatoms. The van der Waals surface area contributed by atoms with Gasteiger partial charge in [-0.2, -0.15) is 0 Å². The van der Waals surface area contributed by atoms with E-state index in [1.165, 1.54) is 0 Å². The predicted octanol–water partition coefficient (Wildman–Crippen LogP) is 2.27. The number of hydrogen-bond donors (Lipinski definition) is 0. The second kappa shape index (κ2) is 4.70. The smallest absolute Gasteiger partial charge is 0.155 e. The molecule has 0 radical (unpaired) electrons. The normalized spacial score (nSPS) is 18.4. The summed E-state index contributed by atoms with van der Waals surface area (Å²) < 4.78 is 23.0. The molecule has 1 aliphatic carbocycles. The molecule has 0 N–H and O–H groups in total. The van der Waals surface area contributed by atoms with Crippen LogP contribution in [-0.4, -0.2) is 24.7 Å². The van der Waals surface area contributed by atoms with Crippen molar-refractivity contribution in [3.05, 3.63) is 11.6 Å². The first-order chi connectivity index (χ1) is 7.22. The fourth-order valence-corrected chi connectivity index (χ4v) is 2.77. The van der Waals surface area contributed by atoms with Gasteiger partial charge in [0.05, 0.1) is 10.5 Å². The van der Waals surface area contributed by atoms with Crippen molar-refractivity contribution in [1.82, 2.24) is 0 Å². The van der Waals surface area contributed by atoms with E-state index in [1.807, 2.05) is 0 Å². The number of carbonyl (C=O) groups excluding carboxylic acids is 1. The summed E-state index contributed by atoms with van der Waals surface area (Å²) in [6.07, 6.45) is 4.47. The Balaban J connectivity index is 2.62. The van der Waals surface area contributed by atoms with E-state index in [2.05, 4.69) is 0 Å². The van der Waals surface area contributed by atoms with E-state index < -0.39 is 14.6 Å². The molecule has 0 aromatic rings. The summed E-state index contributed by atoms with van der Waals surface area (Å²) in [5.41, 5.74) is 0.990. The number of ketones is 1. The summed E-state index contributed by atoms with van der Waals surface area (Å²) in [6.45, 7) is 5.13. The first kappa shape index (κ1) is 13.4. The van der Waals surface area contributed by atoms with Gasteiger partial charge in [-0.3, -0.25) is 4.79 Å². The third-order valence-corrected chi connectivity index (χ3v) is 5.52. The van der Waals surface area contributed by atoms with Gasteiger partial charge in [0.15, 0.2) is 15.6 Å². The van der Waals surface area contributed by atoms with Crippen LogP contribution in [0.1, 0.15) is 46.5 Å². The third-order valence-electron chi connectivity index (χ3n) is 2.91. The van der Waals surface area contributed by atoms with Gasteiger partial charge in [-0.05, 0) is 46.1 Å².